The number of amides is 2. The lowest BCUT2D eigenvalue weighted by Crippen LogP contribution is -2.49. The van der Waals surface area contributed by atoms with Crippen LogP contribution in [0.2, 0.25) is 0 Å². The van der Waals surface area contributed by atoms with E-state index in [-0.39, 0.29) is 5.91 Å². The smallest absolute Gasteiger partial charge is 0.267 e. The summed E-state index contributed by atoms with van der Waals surface area (Å²) in [5.41, 5.74) is 4.04. The van der Waals surface area contributed by atoms with E-state index >= 15 is 0 Å². The lowest BCUT2D eigenvalue weighted by atomic mass is 10.1. The molecule has 3 rings (SSSR count). The molecular formula is C19H20N4O3. The highest BCUT2D eigenvalue weighted by Crippen LogP contribution is 2.23. The zero-order valence-electron chi connectivity index (χ0n) is 14.2. The number of hydrogen-bond donors (Lipinski definition) is 2. The van der Waals surface area contributed by atoms with Crippen LogP contribution < -0.4 is 10.4 Å². The number of carbonyl (C=O) groups excluding carboxylic acids is 2. The molecule has 1 saturated heterocycles. The lowest BCUT2D eigenvalue weighted by Gasteiger charge is -2.36. The zero-order chi connectivity index (χ0) is 18.4. The van der Waals surface area contributed by atoms with Crippen LogP contribution in [0.3, 0.4) is 0 Å². The van der Waals surface area contributed by atoms with Crippen LogP contribution in [-0.4, -0.2) is 53.1 Å². The van der Waals surface area contributed by atoms with Gasteiger partial charge in [-0.2, -0.15) is 0 Å². The van der Waals surface area contributed by atoms with Crippen LogP contribution in [0.1, 0.15) is 15.9 Å². The Morgan fingerprint density at radius 1 is 1.08 bits per heavy atom. The minimum atomic E-state index is -0.577. The van der Waals surface area contributed by atoms with E-state index in [1.54, 1.807) is 36.1 Å². The Balaban J connectivity index is 1.68. The van der Waals surface area contributed by atoms with Crippen molar-refractivity contribution < 1.29 is 14.8 Å². The second-order valence-corrected chi connectivity index (χ2v) is 5.89. The molecule has 1 fully saturated rings. The van der Waals surface area contributed by atoms with E-state index in [9.17, 15) is 9.59 Å². The topological polar surface area (TPSA) is 85.8 Å². The third-order valence-corrected chi connectivity index (χ3v) is 4.28. The summed E-state index contributed by atoms with van der Waals surface area (Å²) in [7, 11) is 0. The number of nitrogens with zero attached hydrogens (tertiary/aromatic N) is 3. The van der Waals surface area contributed by atoms with Gasteiger partial charge in [0, 0.05) is 50.3 Å². The molecule has 7 nitrogen and oxygen atoms in total. The molecule has 26 heavy (non-hydrogen) atoms. The van der Waals surface area contributed by atoms with Gasteiger partial charge >= 0.3 is 0 Å². The van der Waals surface area contributed by atoms with Crippen LogP contribution in [0.15, 0.2) is 54.9 Å². The fourth-order valence-electron chi connectivity index (χ4n) is 2.94. The summed E-state index contributed by atoms with van der Waals surface area (Å²) in [6, 6.07) is 11.2. The zero-order valence-corrected chi connectivity index (χ0v) is 14.2. The Labute approximate surface area is 151 Å². The van der Waals surface area contributed by atoms with Gasteiger partial charge in [0.2, 0.25) is 0 Å². The largest absolute Gasteiger partial charge is 0.367 e. The summed E-state index contributed by atoms with van der Waals surface area (Å²) in [6.45, 7) is 2.62. The van der Waals surface area contributed by atoms with Crippen LogP contribution in [-0.2, 0) is 4.79 Å². The molecule has 0 bridgehead atoms. The second kappa shape index (κ2) is 8.26. The molecule has 0 aliphatic carbocycles. The second-order valence-electron chi connectivity index (χ2n) is 5.89. The first-order chi connectivity index (χ1) is 12.7. The van der Waals surface area contributed by atoms with E-state index in [4.69, 9.17) is 5.21 Å². The van der Waals surface area contributed by atoms with E-state index in [0.29, 0.717) is 31.7 Å². The maximum Gasteiger partial charge on any atom is 0.267 e. The third-order valence-electron chi connectivity index (χ3n) is 4.28. The van der Waals surface area contributed by atoms with Crippen LogP contribution >= 0.6 is 0 Å². The average Bonchev–Trinajstić information content (AvgIpc) is 2.72. The number of piperazine rings is 1. The summed E-state index contributed by atoms with van der Waals surface area (Å²) >= 11 is 0. The van der Waals surface area contributed by atoms with Gasteiger partial charge in [-0.25, -0.2) is 5.48 Å². The number of aromatic nitrogens is 1. The van der Waals surface area contributed by atoms with Crippen LogP contribution in [0.25, 0.3) is 6.08 Å². The van der Waals surface area contributed by atoms with Crippen molar-refractivity contribution in [2.45, 2.75) is 0 Å². The molecule has 134 valence electrons. The van der Waals surface area contributed by atoms with E-state index < -0.39 is 5.91 Å². The first kappa shape index (κ1) is 17.6. The van der Waals surface area contributed by atoms with E-state index in [1.807, 2.05) is 29.2 Å². The Kier molecular flexibility index (Phi) is 5.60. The number of rotatable bonds is 4. The molecule has 0 radical (unpaired) electrons. The van der Waals surface area contributed by atoms with Crippen molar-refractivity contribution in [3.05, 3.63) is 66.0 Å². The minimum Gasteiger partial charge on any atom is -0.367 e. The van der Waals surface area contributed by atoms with Crippen molar-refractivity contribution in [1.82, 2.24) is 15.4 Å². The predicted octanol–water partition coefficient (Wildman–Crippen LogP) is 1.56. The SMILES string of the molecule is O=C(C=Cc1ccccc1N1CCN(C(=O)c2cccnc2)CC1)NO. The van der Waals surface area contributed by atoms with Crippen molar-refractivity contribution in [3.8, 4) is 0 Å². The lowest BCUT2D eigenvalue weighted by molar-refractivity contribution is -0.124. The maximum atomic E-state index is 12.5. The number of benzene rings is 1. The highest BCUT2D eigenvalue weighted by molar-refractivity contribution is 5.94. The molecule has 2 heterocycles. The molecule has 2 aromatic rings. The van der Waals surface area contributed by atoms with Crippen molar-refractivity contribution in [3.63, 3.8) is 0 Å². The van der Waals surface area contributed by atoms with Gasteiger partial charge in [-0.05, 0) is 29.8 Å². The molecule has 0 unspecified atom stereocenters. The summed E-state index contributed by atoms with van der Waals surface area (Å²) in [6.07, 6.45) is 6.17. The van der Waals surface area contributed by atoms with E-state index in [2.05, 4.69) is 9.88 Å². The van der Waals surface area contributed by atoms with Crippen molar-refractivity contribution in [2.24, 2.45) is 0 Å². The molecule has 2 N–H and O–H groups in total. The molecule has 1 aromatic heterocycles. The fourth-order valence-corrected chi connectivity index (χ4v) is 2.94. The Morgan fingerprint density at radius 2 is 1.85 bits per heavy atom. The number of carbonyl (C=O) groups is 2. The summed E-state index contributed by atoms with van der Waals surface area (Å²) in [4.78, 5) is 31.7. The highest BCUT2D eigenvalue weighted by atomic mass is 16.5. The number of hydroxylamine groups is 1. The standard InChI is InChI=1S/C19H20N4O3/c24-18(21-26)8-7-15-4-1-2-6-17(15)22-10-12-23(13-11-22)19(25)16-5-3-9-20-14-16/h1-9,14,26H,10-13H2,(H,21,24). The minimum absolute atomic E-state index is 0.00875. The van der Waals surface area contributed by atoms with Crippen LogP contribution in [0, 0.1) is 0 Å². The van der Waals surface area contributed by atoms with Crippen LogP contribution in [0.5, 0.6) is 0 Å². The number of anilines is 1. The van der Waals surface area contributed by atoms with E-state index in [0.717, 1.165) is 11.3 Å². The van der Waals surface area contributed by atoms with Gasteiger partial charge in [0.25, 0.3) is 11.8 Å². The van der Waals surface area contributed by atoms with Gasteiger partial charge in [-0.1, -0.05) is 18.2 Å². The first-order valence-electron chi connectivity index (χ1n) is 8.34. The molecule has 0 saturated carbocycles. The molecule has 1 aliphatic heterocycles. The average molecular weight is 352 g/mol. The Morgan fingerprint density at radius 3 is 2.54 bits per heavy atom. The molecule has 1 aliphatic rings. The van der Waals surface area contributed by atoms with Crippen molar-refractivity contribution in [2.75, 3.05) is 31.1 Å². The van der Waals surface area contributed by atoms with Gasteiger partial charge in [0.1, 0.15) is 0 Å². The van der Waals surface area contributed by atoms with Gasteiger partial charge < -0.3 is 9.80 Å². The summed E-state index contributed by atoms with van der Waals surface area (Å²) < 4.78 is 0. The van der Waals surface area contributed by atoms with Gasteiger partial charge in [-0.15, -0.1) is 0 Å². The van der Waals surface area contributed by atoms with Crippen molar-refractivity contribution in [1.29, 1.82) is 0 Å². The van der Waals surface area contributed by atoms with E-state index in [1.165, 1.54) is 6.08 Å². The Hall–Kier alpha value is -3.19. The number of hydrogen-bond acceptors (Lipinski definition) is 5. The molecule has 0 atom stereocenters. The van der Waals surface area contributed by atoms with Gasteiger partial charge in [0.15, 0.2) is 0 Å². The number of para-hydroxylation sites is 1. The molecule has 7 heteroatoms. The highest BCUT2D eigenvalue weighted by Gasteiger charge is 2.23. The predicted molar refractivity (Wildman–Crippen MR) is 97.8 cm³/mol. The third kappa shape index (κ3) is 4.07. The fraction of sp³-hybridized carbons (Fsp3) is 0.211. The van der Waals surface area contributed by atoms with Gasteiger partial charge in [0.05, 0.1) is 5.56 Å². The Bertz CT molecular complexity index is 799. The normalized spacial score (nSPS) is 14.5. The monoisotopic (exact) mass is 352 g/mol. The van der Waals surface area contributed by atoms with Crippen molar-refractivity contribution >= 4 is 23.6 Å². The quantitative estimate of drug-likeness (QED) is 0.495. The molecule has 0 spiro atoms. The maximum absolute atomic E-state index is 12.5. The molecular weight excluding hydrogens is 332 g/mol. The first-order valence-corrected chi connectivity index (χ1v) is 8.34. The number of pyridine rings is 1. The number of nitrogens with one attached hydrogen (secondary N) is 1. The van der Waals surface area contributed by atoms with Gasteiger partial charge in [-0.3, -0.25) is 19.8 Å². The summed E-state index contributed by atoms with van der Waals surface area (Å²) in [5.74, 6) is -0.586. The summed E-state index contributed by atoms with van der Waals surface area (Å²) in [5, 5.41) is 8.60. The molecule has 2 amide bonds. The molecule has 1 aromatic carbocycles. The van der Waals surface area contributed by atoms with Crippen LogP contribution in [0.4, 0.5) is 5.69 Å².